The molecule has 0 aliphatic rings. The van der Waals surface area contributed by atoms with E-state index in [2.05, 4.69) is 20.9 Å². The first-order valence-corrected chi connectivity index (χ1v) is 9.07. The quantitative estimate of drug-likeness (QED) is 0.606. The second kappa shape index (κ2) is 8.65. The van der Waals surface area contributed by atoms with Gasteiger partial charge in [0.05, 0.1) is 32.4 Å². The van der Waals surface area contributed by atoms with Gasteiger partial charge in [-0.3, -0.25) is 4.79 Å². The summed E-state index contributed by atoms with van der Waals surface area (Å²) in [5.74, 6) is 2.18. The Morgan fingerprint density at radius 2 is 1.75 bits per heavy atom. The van der Waals surface area contributed by atoms with Crippen LogP contribution in [0.5, 0.6) is 17.2 Å². The lowest BCUT2D eigenvalue weighted by Crippen LogP contribution is -2.25. The van der Waals surface area contributed by atoms with Crippen LogP contribution in [-0.2, 0) is 13.5 Å². The molecule has 7 nitrogen and oxygen atoms in total. The monoisotopic (exact) mass is 383 g/mol. The number of methoxy groups -OCH3 is 3. The van der Waals surface area contributed by atoms with Crippen molar-refractivity contribution < 1.29 is 19.0 Å². The van der Waals surface area contributed by atoms with Gasteiger partial charge in [-0.2, -0.15) is 0 Å². The summed E-state index contributed by atoms with van der Waals surface area (Å²) in [4.78, 5) is 17.2. The van der Waals surface area contributed by atoms with Crippen molar-refractivity contribution in [2.45, 2.75) is 12.8 Å². The maximum absolute atomic E-state index is 12.5. The molecule has 0 aliphatic heterocycles. The summed E-state index contributed by atoms with van der Waals surface area (Å²) in [5, 5.41) is 2.93. The van der Waals surface area contributed by atoms with Gasteiger partial charge in [0, 0.05) is 25.6 Å². The maximum atomic E-state index is 12.5. The fourth-order valence-corrected chi connectivity index (χ4v) is 3.18. The van der Waals surface area contributed by atoms with Crippen molar-refractivity contribution >= 4 is 16.9 Å². The van der Waals surface area contributed by atoms with Crippen LogP contribution in [0.25, 0.3) is 11.0 Å². The third-order valence-electron chi connectivity index (χ3n) is 4.67. The van der Waals surface area contributed by atoms with Crippen LogP contribution in [0, 0.1) is 0 Å². The largest absolute Gasteiger partial charge is 0.493 e. The molecule has 7 heteroatoms. The molecule has 0 aliphatic carbocycles. The van der Waals surface area contributed by atoms with Crippen LogP contribution in [0.4, 0.5) is 0 Å². The lowest BCUT2D eigenvalue weighted by atomic mass is 10.1. The molecule has 0 bridgehead atoms. The van der Waals surface area contributed by atoms with Gasteiger partial charge in [-0.05, 0) is 30.7 Å². The number of amides is 1. The summed E-state index contributed by atoms with van der Waals surface area (Å²) in [6, 6.07) is 11.3. The Hall–Kier alpha value is -3.22. The van der Waals surface area contributed by atoms with Crippen LogP contribution < -0.4 is 19.5 Å². The van der Waals surface area contributed by atoms with E-state index in [4.69, 9.17) is 14.2 Å². The van der Waals surface area contributed by atoms with E-state index < -0.39 is 0 Å². The van der Waals surface area contributed by atoms with E-state index in [-0.39, 0.29) is 5.91 Å². The highest BCUT2D eigenvalue weighted by Crippen LogP contribution is 2.38. The summed E-state index contributed by atoms with van der Waals surface area (Å²) >= 11 is 0. The van der Waals surface area contributed by atoms with Crippen molar-refractivity contribution in [2.75, 3.05) is 27.9 Å². The van der Waals surface area contributed by atoms with Gasteiger partial charge in [-0.25, -0.2) is 4.98 Å². The number of para-hydroxylation sites is 2. The number of hydrogen-bond acceptors (Lipinski definition) is 5. The third-order valence-corrected chi connectivity index (χ3v) is 4.67. The predicted molar refractivity (Wildman–Crippen MR) is 107 cm³/mol. The van der Waals surface area contributed by atoms with Gasteiger partial charge >= 0.3 is 0 Å². The number of rotatable bonds is 8. The summed E-state index contributed by atoms with van der Waals surface area (Å²) in [7, 11) is 6.59. The lowest BCUT2D eigenvalue weighted by Gasteiger charge is -2.14. The average molecular weight is 383 g/mol. The number of benzene rings is 2. The number of hydrogen-bond donors (Lipinski definition) is 1. The predicted octanol–water partition coefficient (Wildman–Crippen LogP) is 2.96. The van der Waals surface area contributed by atoms with Crippen LogP contribution in [-0.4, -0.2) is 43.3 Å². The molecule has 0 spiro atoms. The first-order valence-electron chi connectivity index (χ1n) is 9.07. The number of nitrogens with zero attached hydrogens (tertiary/aromatic N) is 2. The van der Waals surface area contributed by atoms with Crippen molar-refractivity contribution in [1.29, 1.82) is 0 Å². The number of carbonyl (C=O) groups is 1. The van der Waals surface area contributed by atoms with E-state index >= 15 is 0 Å². The van der Waals surface area contributed by atoms with E-state index in [9.17, 15) is 4.79 Å². The number of carbonyl (C=O) groups excluding carboxylic acids is 1. The number of aryl methyl sites for hydroxylation is 2. The second-order valence-electron chi connectivity index (χ2n) is 6.35. The highest BCUT2D eigenvalue weighted by Gasteiger charge is 2.17. The minimum atomic E-state index is -0.191. The molecule has 1 amide bonds. The molecule has 1 heterocycles. The Kier molecular flexibility index (Phi) is 6.03. The van der Waals surface area contributed by atoms with Gasteiger partial charge in [0.15, 0.2) is 11.5 Å². The lowest BCUT2D eigenvalue weighted by molar-refractivity contribution is 0.0952. The number of ether oxygens (including phenoxy) is 3. The molecular formula is C21H25N3O4. The fourth-order valence-electron chi connectivity index (χ4n) is 3.18. The van der Waals surface area contributed by atoms with E-state index in [0.29, 0.717) is 29.4 Å². The van der Waals surface area contributed by atoms with E-state index in [1.165, 1.54) is 21.3 Å². The smallest absolute Gasteiger partial charge is 0.251 e. The van der Waals surface area contributed by atoms with Gasteiger partial charge in [0.25, 0.3) is 5.91 Å². The normalized spacial score (nSPS) is 10.7. The third kappa shape index (κ3) is 3.88. The molecule has 148 valence electrons. The van der Waals surface area contributed by atoms with Gasteiger partial charge in [-0.1, -0.05) is 12.1 Å². The van der Waals surface area contributed by atoms with Crippen LogP contribution in [0.1, 0.15) is 22.6 Å². The molecule has 0 radical (unpaired) electrons. The molecule has 28 heavy (non-hydrogen) atoms. The molecule has 0 fully saturated rings. The molecule has 0 unspecified atom stereocenters. The number of imidazole rings is 1. The number of nitrogens with one attached hydrogen (secondary N) is 1. The second-order valence-corrected chi connectivity index (χ2v) is 6.35. The zero-order chi connectivity index (χ0) is 20.1. The fraction of sp³-hybridized carbons (Fsp3) is 0.333. The molecule has 3 aromatic rings. The highest BCUT2D eigenvalue weighted by molar-refractivity contribution is 5.95. The molecule has 0 saturated carbocycles. The van der Waals surface area contributed by atoms with Crippen LogP contribution in [0.15, 0.2) is 36.4 Å². The average Bonchev–Trinajstić information content (AvgIpc) is 3.05. The molecule has 0 saturated heterocycles. The summed E-state index contributed by atoms with van der Waals surface area (Å²) < 4.78 is 18.0. The van der Waals surface area contributed by atoms with Crippen LogP contribution in [0.2, 0.25) is 0 Å². The van der Waals surface area contributed by atoms with Gasteiger partial charge in [0.2, 0.25) is 5.75 Å². The van der Waals surface area contributed by atoms with Crippen molar-refractivity contribution in [2.24, 2.45) is 7.05 Å². The van der Waals surface area contributed by atoms with Crippen molar-refractivity contribution in [3.8, 4) is 17.2 Å². The van der Waals surface area contributed by atoms with E-state index in [1.54, 1.807) is 12.1 Å². The molecular weight excluding hydrogens is 358 g/mol. The van der Waals surface area contributed by atoms with Gasteiger partial charge in [0.1, 0.15) is 5.82 Å². The van der Waals surface area contributed by atoms with E-state index in [1.807, 2.05) is 25.2 Å². The van der Waals surface area contributed by atoms with Gasteiger partial charge in [-0.15, -0.1) is 0 Å². The first-order chi connectivity index (χ1) is 13.6. The summed E-state index contributed by atoms with van der Waals surface area (Å²) in [6.07, 6.45) is 1.56. The Balaban J connectivity index is 1.62. The van der Waals surface area contributed by atoms with Crippen LogP contribution >= 0.6 is 0 Å². The maximum Gasteiger partial charge on any atom is 0.251 e. The van der Waals surface area contributed by atoms with Gasteiger partial charge < -0.3 is 24.1 Å². The highest BCUT2D eigenvalue weighted by atomic mass is 16.5. The molecule has 0 atom stereocenters. The SMILES string of the molecule is COc1cc(C(=O)NCCCc2nc3ccccc3n2C)cc(OC)c1OC. The Morgan fingerprint density at radius 1 is 1.07 bits per heavy atom. The minimum absolute atomic E-state index is 0.191. The molecule has 2 aromatic carbocycles. The zero-order valence-corrected chi connectivity index (χ0v) is 16.6. The minimum Gasteiger partial charge on any atom is -0.493 e. The zero-order valence-electron chi connectivity index (χ0n) is 16.6. The van der Waals surface area contributed by atoms with E-state index in [0.717, 1.165) is 29.7 Å². The molecule has 1 aromatic heterocycles. The molecule has 3 rings (SSSR count). The Labute approximate surface area is 164 Å². The Morgan fingerprint density at radius 3 is 2.36 bits per heavy atom. The van der Waals surface area contributed by atoms with Crippen molar-refractivity contribution in [3.63, 3.8) is 0 Å². The Bertz CT molecular complexity index is 956. The first kappa shape index (κ1) is 19.5. The number of fused-ring (bicyclic) bond motifs is 1. The summed E-state index contributed by atoms with van der Waals surface area (Å²) in [6.45, 7) is 0.540. The summed E-state index contributed by atoms with van der Waals surface area (Å²) in [5.41, 5.74) is 2.55. The van der Waals surface area contributed by atoms with Crippen molar-refractivity contribution in [3.05, 3.63) is 47.8 Å². The topological polar surface area (TPSA) is 74.6 Å². The van der Waals surface area contributed by atoms with Crippen LogP contribution in [0.3, 0.4) is 0 Å². The molecule has 1 N–H and O–H groups in total. The van der Waals surface area contributed by atoms with Crippen molar-refractivity contribution in [1.82, 2.24) is 14.9 Å². The number of aromatic nitrogens is 2. The standard InChI is InChI=1S/C21H25N3O4/c1-24-16-9-6-5-8-15(16)23-19(24)10-7-11-22-21(25)14-12-17(26-2)20(28-4)18(13-14)27-3/h5-6,8-9,12-13H,7,10-11H2,1-4H3,(H,22,25).